The number of carbonyl (C=O) groups is 1. The summed E-state index contributed by atoms with van der Waals surface area (Å²) in [5.74, 6) is 0. The van der Waals surface area contributed by atoms with E-state index in [4.69, 9.17) is 4.74 Å². The van der Waals surface area contributed by atoms with Crippen molar-refractivity contribution in [3.63, 3.8) is 0 Å². The number of ether oxygens (including phenoxy) is 1. The van der Waals surface area contributed by atoms with E-state index in [1.165, 1.54) is 5.56 Å². The highest BCUT2D eigenvalue weighted by molar-refractivity contribution is 5.67. The first kappa shape index (κ1) is 19.2. The fourth-order valence-corrected chi connectivity index (χ4v) is 2.03. The highest BCUT2D eigenvalue weighted by Gasteiger charge is 2.15. The molecule has 1 rings (SSSR count). The van der Waals surface area contributed by atoms with Crippen molar-refractivity contribution in [2.24, 2.45) is 0 Å². The molecule has 1 unspecified atom stereocenters. The SMILES string of the molecule is C=CCCC(C)NCc1ccc(CNC(=O)OC(C)(C)C)cc1. The average molecular weight is 318 g/mol. The van der Waals surface area contributed by atoms with E-state index in [1.807, 2.05) is 39.0 Å². The number of allylic oxidation sites excluding steroid dienone is 1. The number of amides is 1. The van der Waals surface area contributed by atoms with Gasteiger partial charge in [-0.15, -0.1) is 6.58 Å². The van der Waals surface area contributed by atoms with E-state index in [1.54, 1.807) is 0 Å². The molecule has 0 radical (unpaired) electrons. The zero-order chi connectivity index (χ0) is 17.3. The van der Waals surface area contributed by atoms with Crippen molar-refractivity contribution >= 4 is 6.09 Å². The summed E-state index contributed by atoms with van der Waals surface area (Å²) < 4.78 is 5.21. The standard InChI is InChI=1S/C19H30N2O2/c1-6-7-8-15(2)20-13-16-9-11-17(12-10-16)14-21-18(22)23-19(3,4)5/h6,9-12,15,20H,1,7-8,13-14H2,2-5H3,(H,21,22). The van der Waals surface area contributed by atoms with Crippen molar-refractivity contribution in [3.8, 4) is 0 Å². The molecule has 1 atom stereocenters. The lowest BCUT2D eigenvalue weighted by atomic mass is 10.1. The molecule has 2 N–H and O–H groups in total. The second-order valence-electron chi connectivity index (χ2n) is 6.82. The van der Waals surface area contributed by atoms with E-state index in [0.717, 1.165) is 24.9 Å². The normalized spacial score (nSPS) is 12.5. The number of rotatable bonds is 8. The average Bonchev–Trinajstić information content (AvgIpc) is 2.48. The topological polar surface area (TPSA) is 50.4 Å². The van der Waals surface area contributed by atoms with E-state index in [9.17, 15) is 4.79 Å². The molecule has 0 heterocycles. The molecular formula is C19H30N2O2. The van der Waals surface area contributed by atoms with Crippen LogP contribution in [0.1, 0.15) is 51.7 Å². The zero-order valence-corrected chi connectivity index (χ0v) is 14.8. The predicted octanol–water partition coefficient (Wildman–Crippen LogP) is 4.16. The van der Waals surface area contributed by atoms with Gasteiger partial charge in [-0.1, -0.05) is 30.3 Å². The van der Waals surface area contributed by atoms with Gasteiger partial charge in [-0.25, -0.2) is 4.79 Å². The molecule has 0 aliphatic carbocycles. The fourth-order valence-electron chi connectivity index (χ4n) is 2.03. The maximum absolute atomic E-state index is 11.6. The summed E-state index contributed by atoms with van der Waals surface area (Å²) in [5.41, 5.74) is 1.82. The molecule has 0 aliphatic heterocycles. The van der Waals surface area contributed by atoms with Crippen LogP contribution in [0, 0.1) is 0 Å². The monoisotopic (exact) mass is 318 g/mol. The number of nitrogens with one attached hydrogen (secondary N) is 2. The third-order valence-electron chi connectivity index (χ3n) is 3.32. The van der Waals surface area contributed by atoms with Crippen LogP contribution in [0.5, 0.6) is 0 Å². The van der Waals surface area contributed by atoms with Crippen LogP contribution in [0.2, 0.25) is 0 Å². The summed E-state index contributed by atoms with van der Waals surface area (Å²) in [5, 5.41) is 6.25. The van der Waals surface area contributed by atoms with Crippen LogP contribution in [0.25, 0.3) is 0 Å². The van der Waals surface area contributed by atoms with E-state index in [2.05, 4.69) is 36.3 Å². The van der Waals surface area contributed by atoms with Gasteiger partial charge in [-0.3, -0.25) is 0 Å². The molecule has 23 heavy (non-hydrogen) atoms. The van der Waals surface area contributed by atoms with Gasteiger partial charge in [0.15, 0.2) is 0 Å². The van der Waals surface area contributed by atoms with Crippen LogP contribution in [-0.4, -0.2) is 17.7 Å². The van der Waals surface area contributed by atoms with Crippen LogP contribution in [0.3, 0.4) is 0 Å². The molecule has 0 fully saturated rings. The fraction of sp³-hybridized carbons (Fsp3) is 0.526. The van der Waals surface area contributed by atoms with Crippen molar-refractivity contribution in [2.75, 3.05) is 0 Å². The summed E-state index contributed by atoms with van der Waals surface area (Å²) in [6, 6.07) is 8.70. The Bertz CT molecular complexity index is 489. The highest BCUT2D eigenvalue weighted by Crippen LogP contribution is 2.08. The summed E-state index contributed by atoms with van der Waals surface area (Å²) in [6.07, 6.45) is 3.69. The molecule has 0 aliphatic rings. The van der Waals surface area contributed by atoms with Crippen LogP contribution in [-0.2, 0) is 17.8 Å². The molecule has 4 heteroatoms. The van der Waals surface area contributed by atoms with Crippen molar-refractivity contribution in [1.82, 2.24) is 10.6 Å². The van der Waals surface area contributed by atoms with E-state index in [0.29, 0.717) is 12.6 Å². The third-order valence-corrected chi connectivity index (χ3v) is 3.32. The Hall–Kier alpha value is -1.81. The van der Waals surface area contributed by atoms with Gasteiger partial charge in [-0.2, -0.15) is 0 Å². The zero-order valence-electron chi connectivity index (χ0n) is 14.8. The smallest absolute Gasteiger partial charge is 0.407 e. The molecule has 1 aromatic carbocycles. The van der Waals surface area contributed by atoms with Gasteiger partial charge in [0.05, 0.1) is 0 Å². The largest absolute Gasteiger partial charge is 0.444 e. The molecule has 0 aromatic heterocycles. The molecule has 0 saturated carbocycles. The molecule has 1 amide bonds. The Kier molecular flexibility index (Phi) is 7.83. The van der Waals surface area contributed by atoms with Gasteiger partial charge in [0.2, 0.25) is 0 Å². The van der Waals surface area contributed by atoms with Gasteiger partial charge in [0.1, 0.15) is 5.60 Å². The number of alkyl carbamates (subject to hydrolysis) is 1. The predicted molar refractivity (Wildman–Crippen MR) is 95.2 cm³/mol. The van der Waals surface area contributed by atoms with Crippen molar-refractivity contribution < 1.29 is 9.53 Å². The summed E-state index contributed by atoms with van der Waals surface area (Å²) in [6.45, 7) is 12.8. The maximum atomic E-state index is 11.6. The van der Waals surface area contributed by atoms with Crippen molar-refractivity contribution in [2.45, 2.75) is 65.3 Å². The Morgan fingerprint density at radius 3 is 2.30 bits per heavy atom. The van der Waals surface area contributed by atoms with Gasteiger partial charge < -0.3 is 15.4 Å². The van der Waals surface area contributed by atoms with Gasteiger partial charge in [-0.05, 0) is 51.7 Å². The lowest BCUT2D eigenvalue weighted by Crippen LogP contribution is -2.32. The highest BCUT2D eigenvalue weighted by atomic mass is 16.6. The first-order valence-corrected chi connectivity index (χ1v) is 8.19. The first-order valence-electron chi connectivity index (χ1n) is 8.19. The van der Waals surface area contributed by atoms with Gasteiger partial charge in [0.25, 0.3) is 0 Å². The molecule has 0 bridgehead atoms. The Balaban J connectivity index is 2.36. The van der Waals surface area contributed by atoms with E-state index in [-0.39, 0.29) is 6.09 Å². The second-order valence-corrected chi connectivity index (χ2v) is 6.82. The Morgan fingerprint density at radius 1 is 1.22 bits per heavy atom. The van der Waals surface area contributed by atoms with Crippen molar-refractivity contribution in [3.05, 3.63) is 48.0 Å². The first-order chi connectivity index (χ1) is 10.8. The van der Waals surface area contributed by atoms with Crippen molar-refractivity contribution in [1.29, 1.82) is 0 Å². The minimum Gasteiger partial charge on any atom is -0.444 e. The van der Waals surface area contributed by atoms with E-state index >= 15 is 0 Å². The molecular weight excluding hydrogens is 288 g/mol. The number of hydrogen-bond acceptors (Lipinski definition) is 3. The lowest BCUT2D eigenvalue weighted by molar-refractivity contribution is 0.0523. The Morgan fingerprint density at radius 2 is 1.78 bits per heavy atom. The van der Waals surface area contributed by atoms with Crippen LogP contribution in [0.4, 0.5) is 4.79 Å². The van der Waals surface area contributed by atoms with Crippen LogP contribution < -0.4 is 10.6 Å². The second kappa shape index (κ2) is 9.36. The number of hydrogen-bond donors (Lipinski definition) is 2. The molecule has 4 nitrogen and oxygen atoms in total. The molecule has 128 valence electrons. The molecule has 0 saturated heterocycles. The molecule has 0 spiro atoms. The minimum atomic E-state index is -0.470. The maximum Gasteiger partial charge on any atom is 0.407 e. The third kappa shape index (κ3) is 9.04. The Labute approximate surface area is 140 Å². The minimum absolute atomic E-state index is 0.390. The summed E-state index contributed by atoms with van der Waals surface area (Å²) in [7, 11) is 0. The quantitative estimate of drug-likeness (QED) is 0.708. The summed E-state index contributed by atoms with van der Waals surface area (Å²) in [4.78, 5) is 11.6. The number of carbonyl (C=O) groups excluding carboxylic acids is 1. The molecule has 1 aromatic rings. The van der Waals surface area contributed by atoms with Gasteiger partial charge >= 0.3 is 6.09 Å². The van der Waals surface area contributed by atoms with Crippen LogP contribution in [0.15, 0.2) is 36.9 Å². The summed E-state index contributed by atoms with van der Waals surface area (Å²) >= 11 is 0. The number of benzene rings is 1. The van der Waals surface area contributed by atoms with E-state index < -0.39 is 5.60 Å². The van der Waals surface area contributed by atoms with Gasteiger partial charge in [0, 0.05) is 19.1 Å². The van der Waals surface area contributed by atoms with Crippen LogP contribution >= 0.6 is 0 Å². The lowest BCUT2D eigenvalue weighted by Gasteiger charge is -2.19.